The normalized spacial score (nSPS) is 15.3. The second-order valence-electron chi connectivity index (χ2n) is 3.82. The lowest BCUT2D eigenvalue weighted by atomic mass is 10.2. The van der Waals surface area contributed by atoms with Gasteiger partial charge in [-0.25, -0.2) is 4.98 Å². The third-order valence-corrected chi connectivity index (χ3v) is 3.43. The van der Waals surface area contributed by atoms with E-state index in [1.165, 1.54) is 10.9 Å². The minimum Gasteiger partial charge on any atom is -0.297 e. The first-order chi connectivity index (χ1) is 7.09. The molecule has 0 saturated heterocycles. The van der Waals surface area contributed by atoms with Crippen LogP contribution < -0.4 is 5.56 Å². The van der Waals surface area contributed by atoms with Crippen LogP contribution in [0.2, 0.25) is 0 Å². The maximum atomic E-state index is 11.7. The molecule has 1 saturated carbocycles. The van der Waals surface area contributed by atoms with E-state index in [0.29, 0.717) is 10.2 Å². The molecular weight excluding hydrogens is 260 g/mol. The minimum absolute atomic E-state index is 0.134. The van der Waals surface area contributed by atoms with Crippen LogP contribution >= 0.6 is 15.9 Å². The molecule has 80 valence electrons. The van der Waals surface area contributed by atoms with Gasteiger partial charge in [-0.05, 0) is 35.7 Å². The monoisotopic (exact) mass is 270 g/mol. The van der Waals surface area contributed by atoms with Crippen molar-refractivity contribution >= 4 is 21.7 Å². The molecule has 0 aromatic carbocycles. The third-order valence-electron chi connectivity index (χ3n) is 2.52. The SMILES string of the molecule is Cc1ncn(CC(=O)C2CC2)c(=O)c1Br. The molecule has 1 aromatic rings. The number of hydrogen-bond donors (Lipinski definition) is 0. The van der Waals surface area contributed by atoms with Crippen LogP contribution in [0.5, 0.6) is 0 Å². The minimum atomic E-state index is -0.184. The Labute approximate surface area is 95.5 Å². The first-order valence-corrected chi connectivity index (χ1v) is 5.63. The number of carbonyl (C=O) groups is 1. The first-order valence-electron chi connectivity index (χ1n) is 4.84. The molecule has 5 heteroatoms. The molecule has 4 nitrogen and oxygen atoms in total. The molecule has 0 amide bonds. The van der Waals surface area contributed by atoms with Crippen LogP contribution in [-0.2, 0) is 11.3 Å². The highest BCUT2D eigenvalue weighted by molar-refractivity contribution is 9.10. The molecular formula is C10H11BrN2O2. The lowest BCUT2D eigenvalue weighted by molar-refractivity contribution is -0.120. The fourth-order valence-electron chi connectivity index (χ4n) is 1.36. The van der Waals surface area contributed by atoms with Gasteiger partial charge in [0.05, 0.1) is 18.6 Å². The van der Waals surface area contributed by atoms with Crippen molar-refractivity contribution in [3.8, 4) is 0 Å². The lowest BCUT2D eigenvalue weighted by Crippen LogP contribution is -2.26. The highest BCUT2D eigenvalue weighted by atomic mass is 79.9. The zero-order valence-electron chi connectivity index (χ0n) is 8.36. The molecule has 0 atom stereocenters. The van der Waals surface area contributed by atoms with Gasteiger partial charge in [-0.15, -0.1) is 0 Å². The van der Waals surface area contributed by atoms with Gasteiger partial charge in [0.15, 0.2) is 5.78 Å². The van der Waals surface area contributed by atoms with Crippen molar-refractivity contribution in [2.24, 2.45) is 5.92 Å². The Kier molecular flexibility index (Phi) is 2.73. The highest BCUT2D eigenvalue weighted by Crippen LogP contribution is 2.30. The van der Waals surface area contributed by atoms with E-state index in [0.717, 1.165) is 12.8 Å². The first kappa shape index (κ1) is 10.5. The fourth-order valence-corrected chi connectivity index (χ4v) is 1.69. The van der Waals surface area contributed by atoms with Gasteiger partial charge in [0.1, 0.15) is 4.47 Å². The second kappa shape index (κ2) is 3.89. The van der Waals surface area contributed by atoms with Crippen LogP contribution in [0.25, 0.3) is 0 Å². The topological polar surface area (TPSA) is 52.0 Å². The molecule has 1 fully saturated rings. The predicted octanol–water partition coefficient (Wildman–Crippen LogP) is 1.29. The summed E-state index contributed by atoms with van der Waals surface area (Å²) in [7, 11) is 0. The average Bonchev–Trinajstić information content (AvgIpc) is 3.02. The van der Waals surface area contributed by atoms with Crippen molar-refractivity contribution in [1.82, 2.24) is 9.55 Å². The molecule has 1 aliphatic carbocycles. The Hall–Kier alpha value is -0.970. The van der Waals surface area contributed by atoms with E-state index in [1.807, 2.05) is 0 Å². The summed E-state index contributed by atoms with van der Waals surface area (Å²) in [6, 6.07) is 0. The van der Waals surface area contributed by atoms with Gasteiger partial charge in [-0.2, -0.15) is 0 Å². The summed E-state index contributed by atoms with van der Waals surface area (Å²) in [5.74, 6) is 0.312. The number of ketones is 1. The van der Waals surface area contributed by atoms with Gasteiger partial charge >= 0.3 is 0 Å². The molecule has 2 rings (SSSR count). The number of aromatic nitrogens is 2. The zero-order chi connectivity index (χ0) is 11.0. The van der Waals surface area contributed by atoms with Gasteiger partial charge in [-0.1, -0.05) is 0 Å². The number of nitrogens with zero attached hydrogens (tertiary/aromatic N) is 2. The number of aryl methyl sites for hydroxylation is 1. The molecule has 1 aromatic heterocycles. The summed E-state index contributed by atoms with van der Waals surface area (Å²) in [5.41, 5.74) is 0.464. The van der Waals surface area contributed by atoms with Crippen LogP contribution in [0.4, 0.5) is 0 Å². The van der Waals surface area contributed by atoms with E-state index >= 15 is 0 Å². The van der Waals surface area contributed by atoms with E-state index in [9.17, 15) is 9.59 Å². The van der Waals surface area contributed by atoms with Crippen LogP contribution in [0.3, 0.4) is 0 Å². The maximum Gasteiger partial charge on any atom is 0.268 e. The summed E-state index contributed by atoms with van der Waals surface area (Å²) in [5, 5.41) is 0. The molecule has 0 spiro atoms. The Morgan fingerprint density at radius 2 is 2.33 bits per heavy atom. The average molecular weight is 271 g/mol. The van der Waals surface area contributed by atoms with Crippen molar-refractivity contribution in [2.45, 2.75) is 26.3 Å². The zero-order valence-corrected chi connectivity index (χ0v) is 9.95. The largest absolute Gasteiger partial charge is 0.297 e. The quantitative estimate of drug-likeness (QED) is 0.832. The number of rotatable bonds is 3. The molecule has 0 bridgehead atoms. The number of hydrogen-bond acceptors (Lipinski definition) is 3. The fraction of sp³-hybridized carbons (Fsp3) is 0.500. The van der Waals surface area contributed by atoms with Gasteiger partial charge in [0.2, 0.25) is 0 Å². The van der Waals surface area contributed by atoms with Crippen molar-refractivity contribution < 1.29 is 4.79 Å². The van der Waals surface area contributed by atoms with Crippen molar-refractivity contribution in [3.63, 3.8) is 0 Å². The maximum absolute atomic E-state index is 11.7. The lowest BCUT2D eigenvalue weighted by Gasteiger charge is -2.05. The summed E-state index contributed by atoms with van der Waals surface area (Å²) in [4.78, 5) is 27.2. The third kappa shape index (κ3) is 2.17. The van der Waals surface area contributed by atoms with E-state index < -0.39 is 0 Å². The predicted molar refractivity (Wildman–Crippen MR) is 58.7 cm³/mol. The molecule has 0 aliphatic heterocycles. The highest BCUT2D eigenvalue weighted by Gasteiger charge is 2.29. The Morgan fingerprint density at radius 1 is 1.67 bits per heavy atom. The van der Waals surface area contributed by atoms with E-state index in [1.54, 1.807) is 6.92 Å². The molecule has 1 aliphatic rings. The molecule has 0 N–H and O–H groups in total. The second-order valence-corrected chi connectivity index (χ2v) is 4.61. The Balaban J connectivity index is 2.25. The van der Waals surface area contributed by atoms with Crippen LogP contribution in [-0.4, -0.2) is 15.3 Å². The van der Waals surface area contributed by atoms with Crippen molar-refractivity contribution in [2.75, 3.05) is 0 Å². The van der Waals surface area contributed by atoms with Crippen LogP contribution in [0.1, 0.15) is 18.5 Å². The standard InChI is InChI=1S/C10H11BrN2O2/c1-6-9(11)10(15)13(5-12-6)4-8(14)7-2-3-7/h5,7H,2-4H2,1H3. The summed E-state index contributed by atoms with van der Waals surface area (Å²) in [6.45, 7) is 1.90. The molecule has 1 heterocycles. The number of halogens is 1. The van der Waals surface area contributed by atoms with E-state index in [4.69, 9.17) is 0 Å². The summed E-state index contributed by atoms with van der Waals surface area (Å²) >= 11 is 3.17. The number of carbonyl (C=O) groups excluding carboxylic acids is 1. The Bertz CT molecular complexity index is 463. The molecule has 0 radical (unpaired) electrons. The van der Waals surface area contributed by atoms with Gasteiger partial charge in [0, 0.05) is 5.92 Å². The Morgan fingerprint density at radius 3 is 2.93 bits per heavy atom. The molecule has 0 unspecified atom stereocenters. The van der Waals surface area contributed by atoms with Crippen LogP contribution in [0.15, 0.2) is 15.6 Å². The van der Waals surface area contributed by atoms with Crippen molar-refractivity contribution in [1.29, 1.82) is 0 Å². The smallest absolute Gasteiger partial charge is 0.268 e. The van der Waals surface area contributed by atoms with Crippen molar-refractivity contribution in [3.05, 3.63) is 26.8 Å². The summed E-state index contributed by atoms with van der Waals surface area (Å²) in [6.07, 6.45) is 3.37. The molecule has 15 heavy (non-hydrogen) atoms. The van der Waals surface area contributed by atoms with Gasteiger partial charge < -0.3 is 0 Å². The number of Topliss-reactive ketones (excluding diaryl/α,β-unsaturated/α-hetero) is 1. The van der Waals surface area contributed by atoms with Crippen LogP contribution in [0, 0.1) is 12.8 Å². The summed E-state index contributed by atoms with van der Waals surface area (Å²) < 4.78 is 1.80. The van der Waals surface area contributed by atoms with Gasteiger partial charge in [0.25, 0.3) is 5.56 Å². The van der Waals surface area contributed by atoms with Gasteiger partial charge in [-0.3, -0.25) is 14.2 Å². The van der Waals surface area contributed by atoms with E-state index in [2.05, 4.69) is 20.9 Å². The van der Waals surface area contributed by atoms with E-state index in [-0.39, 0.29) is 23.8 Å².